The van der Waals surface area contributed by atoms with Crippen LogP contribution in [0.2, 0.25) is 0 Å². The van der Waals surface area contributed by atoms with E-state index in [9.17, 15) is 0 Å². The summed E-state index contributed by atoms with van der Waals surface area (Å²) in [5.74, 6) is 1.00. The molecule has 1 heterocycles. The molecule has 2 heteroatoms. The van der Waals surface area contributed by atoms with E-state index in [1.54, 1.807) is 0 Å². The van der Waals surface area contributed by atoms with Crippen LogP contribution in [0.3, 0.4) is 0 Å². The van der Waals surface area contributed by atoms with Crippen LogP contribution in [0.5, 0.6) is 5.75 Å². The fourth-order valence-electron chi connectivity index (χ4n) is 2.03. The lowest BCUT2D eigenvalue weighted by atomic mass is 10.1. The highest BCUT2D eigenvalue weighted by molar-refractivity contribution is 5.35. The fraction of sp³-hybridized carbons (Fsp3) is 0.571. The molecule has 1 unspecified atom stereocenters. The topological polar surface area (TPSA) is 18.5 Å². The molecular formula is C14H20O2. The van der Waals surface area contributed by atoms with Gasteiger partial charge in [0.2, 0.25) is 0 Å². The van der Waals surface area contributed by atoms with Crippen LogP contribution in [0.15, 0.2) is 24.3 Å². The molecule has 1 saturated heterocycles. The molecule has 0 N–H and O–H groups in total. The Hall–Kier alpha value is -1.02. The molecule has 2 nitrogen and oxygen atoms in total. The Morgan fingerprint density at radius 2 is 2.25 bits per heavy atom. The zero-order valence-corrected chi connectivity index (χ0v) is 9.95. The van der Waals surface area contributed by atoms with E-state index in [4.69, 9.17) is 9.47 Å². The van der Waals surface area contributed by atoms with Crippen molar-refractivity contribution >= 4 is 0 Å². The largest absolute Gasteiger partial charge is 0.493 e. The summed E-state index contributed by atoms with van der Waals surface area (Å²) >= 11 is 0. The van der Waals surface area contributed by atoms with Crippen LogP contribution < -0.4 is 4.74 Å². The minimum absolute atomic E-state index is 0.248. The summed E-state index contributed by atoms with van der Waals surface area (Å²) in [6, 6.07) is 8.26. The molecule has 0 amide bonds. The van der Waals surface area contributed by atoms with Gasteiger partial charge in [0, 0.05) is 12.2 Å². The summed E-state index contributed by atoms with van der Waals surface area (Å²) in [7, 11) is 0. The number of rotatable bonds is 5. The normalized spacial score (nSPS) is 19.9. The molecule has 1 atom stereocenters. The first-order valence-electron chi connectivity index (χ1n) is 6.25. The smallest absolute Gasteiger partial charge is 0.125 e. The summed E-state index contributed by atoms with van der Waals surface area (Å²) in [5, 5.41) is 0. The second-order valence-electron chi connectivity index (χ2n) is 4.24. The molecule has 1 aliphatic heterocycles. The standard InChI is InChI=1S/C14H20O2/c1-2-3-10-15-13-8-5-4-7-12(13)14-9-6-11-16-14/h4-5,7-8,14H,2-3,6,9-11H2,1H3. The second-order valence-corrected chi connectivity index (χ2v) is 4.24. The summed E-state index contributed by atoms with van der Waals surface area (Å²) in [6.07, 6.45) is 4.81. The number of hydrogen-bond acceptors (Lipinski definition) is 2. The molecule has 0 bridgehead atoms. The zero-order valence-electron chi connectivity index (χ0n) is 9.95. The van der Waals surface area contributed by atoms with Gasteiger partial charge in [0.25, 0.3) is 0 Å². The number of para-hydroxylation sites is 1. The minimum atomic E-state index is 0.248. The van der Waals surface area contributed by atoms with Gasteiger partial charge >= 0.3 is 0 Å². The molecular weight excluding hydrogens is 200 g/mol. The van der Waals surface area contributed by atoms with Crippen molar-refractivity contribution < 1.29 is 9.47 Å². The average molecular weight is 220 g/mol. The lowest BCUT2D eigenvalue weighted by molar-refractivity contribution is 0.108. The van der Waals surface area contributed by atoms with Crippen LogP contribution in [0.4, 0.5) is 0 Å². The van der Waals surface area contributed by atoms with Crippen molar-refractivity contribution in [3.8, 4) is 5.75 Å². The maximum Gasteiger partial charge on any atom is 0.125 e. The van der Waals surface area contributed by atoms with Crippen molar-refractivity contribution in [3.05, 3.63) is 29.8 Å². The maximum atomic E-state index is 5.81. The molecule has 1 aromatic carbocycles. The molecule has 2 rings (SSSR count). The lowest BCUT2D eigenvalue weighted by Crippen LogP contribution is -2.03. The van der Waals surface area contributed by atoms with Gasteiger partial charge in [-0.15, -0.1) is 0 Å². The van der Waals surface area contributed by atoms with Crippen molar-refractivity contribution in [1.29, 1.82) is 0 Å². The molecule has 1 aliphatic rings. The fourth-order valence-corrected chi connectivity index (χ4v) is 2.03. The third-order valence-corrected chi connectivity index (χ3v) is 2.95. The molecule has 0 aliphatic carbocycles. The summed E-state index contributed by atoms with van der Waals surface area (Å²) < 4.78 is 11.5. The summed E-state index contributed by atoms with van der Waals surface area (Å²) in [5.41, 5.74) is 1.22. The molecule has 16 heavy (non-hydrogen) atoms. The minimum Gasteiger partial charge on any atom is -0.493 e. The van der Waals surface area contributed by atoms with Crippen LogP contribution in [0, 0.1) is 0 Å². The third kappa shape index (κ3) is 2.76. The van der Waals surface area contributed by atoms with Gasteiger partial charge in [-0.05, 0) is 25.3 Å². The molecule has 0 spiro atoms. The van der Waals surface area contributed by atoms with Gasteiger partial charge in [-0.25, -0.2) is 0 Å². The Kier molecular flexibility index (Phi) is 4.23. The van der Waals surface area contributed by atoms with Crippen molar-refractivity contribution in [1.82, 2.24) is 0 Å². The Morgan fingerprint density at radius 1 is 1.38 bits per heavy atom. The van der Waals surface area contributed by atoms with Gasteiger partial charge < -0.3 is 9.47 Å². The average Bonchev–Trinajstić information content (AvgIpc) is 2.83. The van der Waals surface area contributed by atoms with Gasteiger partial charge in [0.1, 0.15) is 5.75 Å². The number of hydrogen-bond donors (Lipinski definition) is 0. The Morgan fingerprint density at radius 3 is 3.00 bits per heavy atom. The monoisotopic (exact) mass is 220 g/mol. The Balaban J connectivity index is 2.04. The summed E-state index contributed by atoms with van der Waals surface area (Å²) in [4.78, 5) is 0. The Bertz CT molecular complexity index is 316. The Labute approximate surface area is 97.6 Å². The highest BCUT2D eigenvalue weighted by Crippen LogP contribution is 2.34. The second kappa shape index (κ2) is 5.90. The van der Waals surface area contributed by atoms with E-state index in [0.29, 0.717) is 0 Å². The highest BCUT2D eigenvalue weighted by atomic mass is 16.5. The molecule has 1 fully saturated rings. The molecule has 1 aromatic rings. The maximum absolute atomic E-state index is 5.81. The van der Waals surface area contributed by atoms with Gasteiger partial charge in [-0.2, -0.15) is 0 Å². The van der Waals surface area contributed by atoms with Crippen molar-refractivity contribution in [2.45, 2.75) is 38.7 Å². The number of benzene rings is 1. The van der Waals surface area contributed by atoms with Crippen molar-refractivity contribution in [2.24, 2.45) is 0 Å². The van der Waals surface area contributed by atoms with Gasteiger partial charge in [0.15, 0.2) is 0 Å². The number of unbranched alkanes of at least 4 members (excludes halogenated alkanes) is 1. The van der Waals surface area contributed by atoms with Crippen molar-refractivity contribution in [2.75, 3.05) is 13.2 Å². The third-order valence-electron chi connectivity index (χ3n) is 2.95. The van der Waals surface area contributed by atoms with Crippen LogP contribution >= 0.6 is 0 Å². The van der Waals surface area contributed by atoms with Crippen LogP contribution in [-0.2, 0) is 4.74 Å². The molecule has 0 radical (unpaired) electrons. The van der Waals surface area contributed by atoms with E-state index >= 15 is 0 Å². The van der Waals surface area contributed by atoms with Gasteiger partial charge in [-0.3, -0.25) is 0 Å². The van der Waals surface area contributed by atoms with E-state index < -0.39 is 0 Å². The van der Waals surface area contributed by atoms with E-state index in [1.165, 1.54) is 12.0 Å². The quantitative estimate of drug-likeness (QED) is 0.704. The zero-order chi connectivity index (χ0) is 11.2. The van der Waals surface area contributed by atoms with Crippen LogP contribution in [0.1, 0.15) is 44.3 Å². The molecule has 88 valence electrons. The van der Waals surface area contributed by atoms with E-state index in [1.807, 2.05) is 12.1 Å². The molecule has 0 aromatic heterocycles. The van der Waals surface area contributed by atoms with Crippen molar-refractivity contribution in [3.63, 3.8) is 0 Å². The first-order chi connectivity index (χ1) is 7.92. The van der Waals surface area contributed by atoms with Crippen LogP contribution in [0.25, 0.3) is 0 Å². The predicted octanol–water partition coefficient (Wildman–Crippen LogP) is 3.72. The SMILES string of the molecule is CCCCOc1ccccc1C1CCCO1. The van der Waals surface area contributed by atoms with Crippen LogP contribution in [-0.4, -0.2) is 13.2 Å². The lowest BCUT2D eigenvalue weighted by Gasteiger charge is -2.15. The predicted molar refractivity (Wildman–Crippen MR) is 64.8 cm³/mol. The highest BCUT2D eigenvalue weighted by Gasteiger charge is 2.20. The number of ether oxygens (including phenoxy) is 2. The first kappa shape index (κ1) is 11.5. The molecule has 0 saturated carbocycles. The summed E-state index contributed by atoms with van der Waals surface area (Å²) in [6.45, 7) is 3.86. The van der Waals surface area contributed by atoms with E-state index in [0.717, 1.165) is 38.2 Å². The van der Waals surface area contributed by atoms with E-state index in [2.05, 4.69) is 19.1 Å². The van der Waals surface area contributed by atoms with Gasteiger partial charge in [0.05, 0.1) is 12.7 Å². The first-order valence-corrected chi connectivity index (χ1v) is 6.25. The van der Waals surface area contributed by atoms with E-state index in [-0.39, 0.29) is 6.10 Å². The van der Waals surface area contributed by atoms with Gasteiger partial charge in [-0.1, -0.05) is 31.5 Å².